The van der Waals surface area contributed by atoms with E-state index in [0.717, 1.165) is 42.9 Å². The van der Waals surface area contributed by atoms with Crippen molar-refractivity contribution in [2.24, 2.45) is 5.92 Å². The topological polar surface area (TPSA) is 77.2 Å². The molecule has 0 saturated carbocycles. The number of piperidine rings is 1. The van der Waals surface area contributed by atoms with E-state index in [2.05, 4.69) is 40.6 Å². The van der Waals surface area contributed by atoms with Crippen LogP contribution in [-0.4, -0.2) is 81.8 Å². The number of likely N-dealkylation sites (tertiary alicyclic amines) is 1. The maximum atomic E-state index is 12.7. The molecule has 33 heavy (non-hydrogen) atoms. The second-order valence-corrected chi connectivity index (χ2v) is 9.38. The van der Waals surface area contributed by atoms with Crippen molar-refractivity contribution in [1.82, 2.24) is 15.1 Å². The Morgan fingerprint density at radius 1 is 1.24 bits per heavy atom. The third kappa shape index (κ3) is 8.51. The summed E-state index contributed by atoms with van der Waals surface area (Å²) in [5.74, 6) is 0.300. The van der Waals surface area contributed by atoms with Gasteiger partial charge in [-0.15, -0.1) is 0 Å². The number of benzene rings is 1. The Morgan fingerprint density at radius 3 is 2.55 bits per heavy atom. The Labute approximate surface area is 199 Å². The normalized spacial score (nSPS) is 14.9. The van der Waals surface area contributed by atoms with E-state index in [1.165, 1.54) is 0 Å². The Hall–Kier alpha value is -2.32. The number of hydrogen-bond donors (Lipinski definition) is 2. The van der Waals surface area contributed by atoms with Gasteiger partial charge in [0.15, 0.2) is 0 Å². The molecule has 1 aliphatic heterocycles. The molecule has 0 unspecified atom stereocenters. The third-order valence-electron chi connectivity index (χ3n) is 6.11. The Bertz CT molecular complexity index is 762. The minimum atomic E-state index is -0.114. The quantitative estimate of drug-likeness (QED) is 0.528. The van der Waals surface area contributed by atoms with Gasteiger partial charge in [0.05, 0.1) is 6.61 Å². The number of ether oxygens (including phenoxy) is 1. The number of rotatable bonds is 11. The molecule has 1 aliphatic rings. The summed E-state index contributed by atoms with van der Waals surface area (Å²) in [4.78, 5) is 31.6. The van der Waals surface area contributed by atoms with E-state index in [0.29, 0.717) is 44.6 Å². The van der Waals surface area contributed by atoms with Gasteiger partial charge in [0, 0.05) is 57.6 Å². The lowest BCUT2D eigenvalue weighted by molar-refractivity contribution is -0.116. The molecule has 0 aliphatic carbocycles. The van der Waals surface area contributed by atoms with Crippen molar-refractivity contribution in [3.05, 3.63) is 23.8 Å². The second kappa shape index (κ2) is 13.4. The van der Waals surface area contributed by atoms with Crippen LogP contribution in [0, 0.1) is 5.92 Å². The molecule has 0 bridgehead atoms. The molecule has 2 rings (SSSR count). The first-order chi connectivity index (χ1) is 15.7. The van der Waals surface area contributed by atoms with Gasteiger partial charge >= 0.3 is 6.03 Å². The zero-order valence-electron chi connectivity index (χ0n) is 21.3. The number of amides is 3. The van der Waals surface area contributed by atoms with Crippen molar-refractivity contribution in [2.45, 2.75) is 52.6 Å². The molecular formula is C25H43N5O3. The van der Waals surface area contributed by atoms with Crippen LogP contribution in [0.15, 0.2) is 18.2 Å². The summed E-state index contributed by atoms with van der Waals surface area (Å²) >= 11 is 0. The van der Waals surface area contributed by atoms with Crippen LogP contribution < -0.4 is 15.5 Å². The fourth-order valence-electron chi connectivity index (χ4n) is 4.22. The molecule has 1 fully saturated rings. The van der Waals surface area contributed by atoms with Gasteiger partial charge in [-0.1, -0.05) is 13.8 Å². The summed E-state index contributed by atoms with van der Waals surface area (Å²) < 4.78 is 5.24. The molecule has 1 aromatic carbocycles. The highest BCUT2D eigenvalue weighted by molar-refractivity contribution is 5.91. The zero-order valence-corrected chi connectivity index (χ0v) is 21.3. The molecule has 8 heteroatoms. The number of anilines is 2. The predicted octanol–water partition coefficient (Wildman–Crippen LogP) is 3.38. The first kappa shape index (κ1) is 26.9. The number of carbonyl (C=O) groups is 2. The molecule has 2 N–H and O–H groups in total. The van der Waals surface area contributed by atoms with Crippen molar-refractivity contribution in [1.29, 1.82) is 0 Å². The number of nitrogens with zero attached hydrogens (tertiary/aromatic N) is 3. The van der Waals surface area contributed by atoms with Gasteiger partial charge in [0.25, 0.3) is 0 Å². The van der Waals surface area contributed by atoms with Gasteiger partial charge in [0.2, 0.25) is 5.91 Å². The van der Waals surface area contributed by atoms with E-state index >= 15 is 0 Å². The van der Waals surface area contributed by atoms with Crippen molar-refractivity contribution in [2.75, 3.05) is 64.2 Å². The van der Waals surface area contributed by atoms with Crippen LogP contribution in [0.1, 0.15) is 45.6 Å². The molecule has 0 aromatic heterocycles. The van der Waals surface area contributed by atoms with Crippen LogP contribution in [0.2, 0.25) is 0 Å². The van der Waals surface area contributed by atoms with E-state index in [9.17, 15) is 9.59 Å². The van der Waals surface area contributed by atoms with Crippen LogP contribution in [0.3, 0.4) is 0 Å². The molecule has 1 saturated heterocycles. The van der Waals surface area contributed by atoms with E-state index in [1.54, 1.807) is 12.0 Å². The Balaban J connectivity index is 2.32. The van der Waals surface area contributed by atoms with Crippen LogP contribution in [0.5, 0.6) is 0 Å². The fraction of sp³-hybridized carbons (Fsp3) is 0.680. The van der Waals surface area contributed by atoms with Crippen molar-refractivity contribution in [3.63, 3.8) is 0 Å². The summed E-state index contributed by atoms with van der Waals surface area (Å²) in [6.07, 6.45) is 2.68. The standard InChI is InChI=1S/C25H43N5O3/c1-7-26-25(32)30(14-15-33-6)18-20-17-21(27-24(31)16-19(2)3)8-9-23(20)29(5)22-10-12-28(4)13-11-22/h8-9,17,19,22H,7,10-16,18H2,1-6H3,(H,26,32)(H,27,31). The minimum Gasteiger partial charge on any atom is -0.383 e. The number of urea groups is 1. The Kier molecular flexibility index (Phi) is 10.9. The maximum absolute atomic E-state index is 12.7. The lowest BCUT2D eigenvalue weighted by Gasteiger charge is -2.38. The smallest absolute Gasteiger partial charge is 0.317 e. The van der Waals surface area contributed by atoms with Crippen molar-refractivity contribution >= 4 is 23.3 Å². The van der Waals surface area contributed by atoms with Gasteiger partial charge in [0.1, 0.15) is 0 Å². The molecule has 1 aromatic rings. The molecule has 0 spiro atoms. The van der Waals surface area contributed by atoms with E-state index in [-0.39, 0.29) is 11.9 Å². The predicted molar refractivity (Wildman–Crippen MR) is 135 cm³/mol. The SMILES string of the molecule is CCNC(=O)N(CCOC)Cc1cc(NC(=O)CC(C)C)ccc1N(C)C1CCN(C)CC1. The van der Waals surface area contributed by atoms with Gasteiger partial charge < -0.3 is 30.1 Å². The van der Waals surface area contributed by atoms with Crippen LogP contribution in [-0.2, 0) is 16.1 Å². The lowest BCUT2D eigenvalue weighted by Crippen LogP contribution is -2.43. The molecular weight excluding hydrogens is 418 g/mol. The second-order valence-electron chi connectivity index (χ2n) is 9.38. The zero-order chi connectivity index (χ0) is 24.4. The average Bonchev–Trinajstić information content (AvgIpc) is 2.76. The molecule has 186 valence electrons. The van der Waals surface area contributed by atoms with Gasteiger partial charge in [-0.2, -0.15) is 0 Å². The monoisotopic (exact) mass is 461 g/mol. The van der Waals surface area contributed by atoms with E-state index in [4.69, 9.17) is 4.74 Å². The summed E-state index contributed by atoms with van der Waals surface area (Å²) in [7, 11) is 5.94. The minimum absolute atomic E-state index is 0.00679. The fourth-order valence-corrected chi connectivity index (χ4v) is 4.22. The summed E-state index contributed by atoms with van der Waals surface area (Å²) in [6.45, 7) is 10.1. The maximum Gasteiger partial charge on any atom is 0.317 e. The highest BCUT2D eigenvalue weighted by atomic mass is 16.5. The third-order valence-corrected chi connectivity index (χ3v) is 6.11. The summed E-state index contributed by atoms with van der Waals surface area (Å²) in [5, 5.41) is 5.93. The van der Waals surface area contributed by atoms with Gasteiger partial charge in [-0.3, -0.25) is 4.79 Å². The van der Waals surface area contributed by atoms with Crippen LogP contribution in [0.25, 0.3) is 0 Å². The lowest BCUT2D eigenvalue weighted by atomic mass is 10.0. The van der Waals surface area contributed by atoms with Crippen LogP contribution >= 0.6 is 0 Å². The van der Waals surface area contributed by atoms with Crippen LogP contribution in [0.4, 0.5) is 16.2 Å². The Morgan fingerprint density at radius 2 is 1.94 bits per heavy atom. The summed E-state index contributed by atoms with van der Waals surface area (Å²) in [6, 6.07) is 6.38. The molecule has 1 heterocycles. The largest absolute Gasteiger partial charge is 0.383 e. The number of nitrogens with one attached hydrogen (secondary N) is 2. The summed E-state index contributed by atoms with van der Waals surface area (Å²) in [5.41, 5.74) is 2.87. The van der Waals surface area contributed by atoms with E-state index in [1.807, 2.05) is 32.9 Å². The van der Waals surface area contributed by atoms with Gasteiger partial charge in [-0.05, 0) is 69.6 Å². The molecule has 8 nitrogen and oxygen atoms in total. The number of methoxy groups -OCH3 is 1. The van der Waals surface area contributed by atoms with E-state index < -0.39 is 0 Å². The highest BCUT2D eigenvalue weighted by Crippen LogP contribution is 2.29. The first-order valence-electron chi connectivity index (χ1n) is 12.1. The number of hydrogen-bond acceptors (Lipinski definition) is 5. The van der Waals surface area contributed by atoms with Crippen molar-refractivity contribution < 1.29 is 14.3 Å². The molecule has 3 amide bonds. The average molecular weight is 462 g/mol. The van der Waals surface area contributed by atoms with Gasteiger partial charge in [-0.25, -0.2) is 4.79 Å². The van der Waals surface area contributed by atoms with Crippen molar-refractivity contribution in [3.8, 4) is 0 Å². The molecule has 0 radical (unpaired) electrons. The highest BCUT2D eigenvalue weighted by Gasteiger charge is 2.24. The molecule has 0 atom stereocenters. The first-order valence-corrected chi connectivity index (χ1v) is 12.1. The number of carbonyl (C=O) groups excluding carboxylic acids is 2.